The van der Waals surface area contributed by atoms with E-state index < -0.39 is 15.9 Å². The van der Waals surface area contributed by atoms with Gasteiger partial charge in [-0.3, -0.25) is 4.79 Å². The lowest BCUT2D eigenvalue weighted by Crippen LogP contribution is -2.29. The first-order valence-electron chi connectivity index (χ1n) is 10.2. The number of nitrogens with zero attached hydrogens (tertiary/aromatic N) is 1. The van der Waals surface area contributed by atoms with E-state index in [9.17, 15) is 13.2 Å². The Labute approximate surface area is 184 Å². The molecule has 0 aliphatic carbocycles. The van der Waals surface area contributed by atoms with Crippen molar-refractivity contribution in [3.05, 3.63) is 64.2 Å². The second-order valence-corrected chi connectivity index (χ2v) is 11.2. The van der Waals surface area contributed by atoms with Crippen LogP contribution in [-0.2, 0) is 15.4 Å². The van der Waals surface area contributed by atoms with Crippen LogP contribution in [0.2, 0.25) is 5.02 Å². The van der Waals surface area contributed by atoms with E-state index in [1.807, 2.05) is 19.1 Å². The molecule has 1 aliphatic rings. The van der Waals surface area contributed by atoms with Crippen LogP contribution in [0.1, 0.15) is 68.1 Å². The van der Waals surface area contributed by atoms with Crippen molar-refractivity contribution in [3.8, 4) is 0 Å². The van der Waals surface area contributed by atoms with Crippen molar-refractivity contribution in [2.24, 2.45) is 0 Å². The summed E-state index contributed by atoms with van der Waals surface area (Å²) in [6.07, 6.45) is 1.71. The number of hydrogen-bond donors (Lipinski definition) is 1. The second kappa shape index (κ2) is 8.69. The fraction of sp³-hybridized carbons (Fsp3) is 0.435. The molecule has 1 N–H and O–H groups in total. The van der Waals surface area contributed by atoms with Crippen molar-refractivity contribution in [1.82, 2.24) is 9.62 Å². The first kappa shape index (κ1) is 22.8. The van der Waals surface area contributed by atoms with Gasteiger partial charge < -0.3 is 5.32 Å². The average Bonchev–Trinajstić information content (AvgIpc) is 3.23. The lowest BCUT2D eigenvalue weighted by Gasteiger charge is -2.21. The van der Waals surface area contributed by atoms with E-state index in [2.05, 4.69) is 38.2 Å². The first-order valence-corrected chi connectivity index (χ1v) is 12.0. The fourth-order valence-corrected chi connectivity index (χ4v) is 5.29. The Kier molecular flexibility index (Phi) is 6.60. The molecule has 0 aromatic heterocycles. The minimum Gasteiger partial charge on any atom is -0.345 e. The summed E-state index contributed by atoms with van der Waals surface area (Å²) in [7, 11) is -3.62. The van der Waals surface area contributed by atoms with Crippen LogP contribution < -0.4 is 5.32 Å². The Balaban J connectivity index is 1.79. The Morgan fingerprint density at radius 1 is 1.07 bits per heavy atom. The van der Waals surface area contributed by atoms with Crippen molar-refractivity contribution in [2.75, 3.05) is 13.1 Å². The molecule has 30 heavy (non-hydrogen) atoms. The SMILES string of the molecule is CC(NC(=O)c1cc(S(=O)(=O)N2CCCC2)ccc1Cl)c1ccc(C(C)(C)C)cc1. The summed E-state index contributed by atoms with van der Waals surface area (Å²) in [6, 6.07) is 12.2. The van der Waals surface area contributed by atoms with Crippen LogP contribution in [-0.4, -0.2) is 31.7 Å². The summed E-state index contributed by atoms with van der Waals surface area (Å²) in [6.45, 7) is 9.36. The maximum absolute atomic E-state index is 12.9. The molecule has 2 aromatic rings. The molecule has 5 nitrogen and oxygen atoms in total. The average molecular weight is 449 g/mol. The van der Waals surface area contributed by atoms with Crippen LogP contribution in [0.5, 0.6) is 0 Å². The number of amides is 1. The first-order chi connectivity index (χ1) is 14.0. The van der Waals surface area contributed by atoms with Gasteiger partial charge in [-0.1, -0.05) is 56.6 Å². The molecule has 162 valence electrons. The largest absolute Gasteiger partial charge is 0.345 e. The Bertz CT molecular complexity index is 1020. The number of hydrogen-bond acceptors (Lipinski definition) is 3. The molecule has 0 bridgehead atoms. The van der Waals surface area contributed by atoms with Gasteiger partial charge in [-0.25, -0.2) is 8.42 Å². The van der Waals surface area contributed by atoms with Gasteiger partial charge in [0, 0.05) is 13.1 Å². The molecule has 2 aromatic carbocycles. The normalized spacial score (nSPS) is 16.4. The second-order valence-electron chi connectivity index (χ2n) is 8.82. The van der Waals surface area contributed by atoms with Gasteiger partial charge in [-0.05, 0) is 54.5 Å². The third-order valence-electron chi connectivity index (χ3n) is 5.51. The molecule has 0 spiro atoms. The lowest BCUT2D eigenvalue weighted by molar-refractivity contribution is 0.0940. The van der Waals surface area contributed by atoms with Gasteiger partial charge in [-0.15, -0.1) is 0 Å². The molecule has 1 unspecified atom stereocenters. The predicted molar refractivity (Wildman–Crippen MR) is 120 cm³/mol. The van der Waals surface area contributed by atoms with Gasteiger partial charge in [0.1, 0.15) is 0 Å². The highest BCUT2D eigenvalue weighted by atomic mass is 35.5. The highest BCUT2D eigenvalue weighted by molar-refractivity contribution is 7.89. The van der Waals surface area contributed by atoms with Crippen molar-refractivity contribution < 1.29 is 13.2 Å². The summed E-state index contributed by atoms with van der Waals surface area (Å²) >= 11 is 6.23. The van der Waals surface area contributed by atoms with Gasteiger partial charge in [0.25, 0.3) is 5.91 Å². The zero-order valence-electron chi connectivity index (χ0n) is 17.9. The van der Waals surface area contributed by atoms with E-state index in [0.717, 1.165) is 18.4 Å². The summed E-state index contributed by atoms with van der Waals surface area (Å²) < 4.78 is 27.1. The molecule has 7 heteroatoms. The number of nitrogens with one attached hydrogen (secondary N) is 1. The number of carbonyl (C=O) groups excluding carboxylic acids is 1. The van der Waals surface area contributed by atoms with Crippen LogP contribution in [0.15, 0.2) is 47.4 Å². The van der Waals surface area contributed by atoms with Gasteiger partial charge >= 0.3 is 0 Å². The fourth-order valence-electron chi connectivity index (χ4n) is 3.55. The minimum atomic E-state index is -3.62. The summed E-state index contributed by atoms with van der Waals surface area (Å²) in [5.41, 5.74) is 2.40. The topological polar surface area (TPSA) is 66.5 Å². The summed E-state index contributed by atoms with van der Waals surface area (Å²) in [5, 5.41) is 3.15. The smallest absolute Gasteiger partial charge is 0.253 e. The van der Waals surface area contributed by atoms with Crippen molar-refractivity contribution in [2.45, 2.75) is 56.9 Å². The standard InChI is InChI=1S/C23H29ClN2O3S/c1-16(17-7-9-18(10-8-17)23(2,3)4)25-22(27)20-15-19(11-12-21(20)24)30(28,29)26-13-5-6-14-26/h7-12,15-16H,5-6,13-14H2,1-4H3,(H,25,27). The molecule has 3 rings (SSSR count). The predicted octanol–water partition coefficient (Wildman–Crippen LogP) is 4.91. The molecule has 1 atom stereocenters. The van der Waals surface area contributed by atoms with Crippen LogP contribution in [0.25, 0.3) is 0 Å². The quantitative estimate of drug-likeness (QED) is 0.706. The Morgan fingerprint density at radius 3 is 2.23 bits per heavy atom. The van der Waals surface area contributed by atoms with E-state index in [1.54, 1.807) is 0 Å². The van der Waals surface area contributed by atoms with E-state index in [0.29, 0.717) is 13.1 Å². The summed E-state index contributed by atoms with van der Waals surface area (Å²) in [4.78, 5) is 13.0. The minimum absolute atomic E-state index is 0.0554. The van der Waals surface area contributed by atoms with Crippen molar-refractivity contribution >= 4 is 27.5 Å². The van der Waals surface area contributed by atoms with Crippen LogP contribution in [0, 0.1) is 0 Å². The maximum atomic E-state index is 12.9. The molecule has 0 radical (unpaired) electrons. The molecular formula is C23H29ClN2O3S. The highest BCUT2D eigenvalue weighted by Crippen LogP contribution is 2.27. The van der Waals surface area contributed by atoms with E-state index in [4.69, 9.17) is 11.6 Å². The van der Waals surface area contributed by atoms with Crippen molar-refractivity contribution in [3.63, 3.8) is 0 Å². The molecule has 1 aliphatic heterocycles. The van der Waals surface area contributed by atoms with Gasteiger partial charge in [-0.2, -0.15) is 4.31 Å². The number of benzene rings is 2. The van der Waals surface area contributed by atoms with Gasteiger partial charge in [0.15, 0.2) is 0 Å². The van der Waals surface area contributed by atoms with Crippen molar-refractivity contribution in [1.29, 1.82) is 0 Å². The molecular weight excluding hydrogens is 420 g/mol. The maximum Gasteiger partial charge on any atom is 0.253 e. The van der Waals surface area contributed by atoms with Crippen LogP contribution in [0.3, 0.4) is 0 Å². The molecule has 1 saturated heterocycles. The monoisotopic (exact) mass is 448 g/mol. The highest BCUT2D eigenvalue weighted by Gasteiger charge is 2.28. The molecule has 1 heterocycles. The Hall–Kier alpha value is -1.89. The Morgan fingerprint density at radius 2 is 1.67 bits per heavy atom. The third-order valence-corrected chi connectivity index (χ3v) is 7.73. The van der Waals surface area contributed by atoms with E-state index >= 15 is 0 Å². The molecule has 1 amide bonds. The third kappa shape index (κ3) is 4.88. The van der Waals surface area contributed by atoms with Gasteiger partial charge in [0.05, 0.1) is 21.5 Å². The van der Waals surface area contributed by atoms with E-state index in [-0.39, 0.29) is 26.9 Å². The number of rotatable bonds is 5. The molecule has 0 saturated carbocycles. The lowest BCUT2D eigenvalue weighted by atomic mass is 9.86. The zero-order valence-corrected chi connectivity index (χ0v) is 19.5. The van der Waals surface area contributed by atoms with Crippen LogP contribution >= 0.6 is 11.6 Å². The number of carbonyl (C=O) groups is 1. The molecule has 1 fully saturated rings. The van der Waals surface area contributed by atoms with Gasteiger partial charge in [0.2, 0.25) is 10.0 Å². The van der Waals surface area contributed by atoms with Crippen LogP contribution in [0.4, 0.5) is 0 Å². The number of halogens is 1. The number of sulfonamides is 1. The zero-order chi connectivity index (χ0) is 22.1. The summed E-state index contributed by atoms with van der Waals surface area (Å²) in [5.74, 6) is -0.397. The van der Waals surface area contributed by atoms with E-state index in [1.165, 1.54) is 28.1 Å².